The van der Waals surface area contributed by atoms with Gasteiger partial charge in [0.1, 0.15) is 0 Å². The molecule has 0 saturated carbocycles. The van der Waals surface area contributed by atoms with Gasteiger partial charge in [0.25, 0.3) is 0 Å². The topological polar surface area (TPSA) is 76.0 Å². The van der Waals surface area contributed by atoms with Gasteiger partial charge in [0.2, 0.25) is 10.0 Å². The zero-order chi connectivity index (χ0) is 15.5. The van der Waals surface area contributed by atoms with E-state index in [0.717, 1.165) is 11.1 Å². The number of nitrogens with zero attached hydrogens (tertiary/aromatic N) is 2. The minimum absolute atomic E-state index is 0.0958. The van der Waals surface area contributed by atoms with Crippen LogP contribution in [0.25, 0.3) is 0 Å². The number of aryl methyl sites for hydroxylation is 1. The van der Waals surface area contributed by atoms with E-state index < -0.39 is 10.0 Å². The van der Waals surface area contributed by atoms with E-state index in [1.165, 1.54) is 0 Å². The summed E-state index contributed by atoms with van der Waals surface area (Å²) >= 11 is 0. The third kappa shape index (κ3) is 3.90. The summed E-state index contributed by atoms with van der Waals surface area (Å²) in [6.45, 7) is 2.21. The van der Waals surface area contributed by atoms with Crippen molar-refractivity contribution in [1.82, 2.24) is 19.8 Å². The predicted molar refractivity (Wildman–Crippen MR) is 81.2 cm³/mol. The summed E-state index contributed by atoms with van der Waals surface area (Å²) in [5, 5.41) is 7.11. The minimum atomic E-state index is -3.53. The first-order valence-corrected chi connectivity index (χ1v) is 8.15. The third-order valence-corrected chi connectivity index (χ3v) is 4.72. The van der Waals surface area contributed by atoms with Gasteiger partial charge in [0.15, 0.2) is 0 Å². The van der Waals surface area contributed by atoms with Crippen molar-refractivity contribution in [2.75, 3.05) is 7.05 Å². The van der Waals surface area contributed by atoms with E-state index in [1.54, 1.807) is 42.3 Å². The molecule has 114 valence electrons. The van der Waals surface area contributed by atoms with Crippen LogP contribution >= 0.6 is 0 Å². The molecule has 1 unspecified atom stereocenters. The Hall–Kier alpha value is -1.70. The second-order valence-electron chi connectivity index (χ2n) is 4.93. The van der Waals surface area contributed by atoms with Crippen molar-refractivity contribution in [3.8, 4) is 0 Å². The molecule has 0 saturated heterocycles. The standard InChI is InChI=1S/C14H20N4O2S/c1-11(15-2)13-5-4-6-14(7-13)21(19,20)17-9-12-8-16-18(3)10-12/h4-8,10-11,15,17H,9H2,1-3H3. The Bertz CT molecular complexity index is 709. The van der Waals surface area contributed by atoms with Crippen LogP contribution in [-0.2, 0) is 23.6 Å². The van der Waals surface area contributed by atoms with Crippen molar-refractivity contribution < 1.29 is 8.42 Å². The summed E-state index contributed by atoms with van der Waals surface area (Å²) in [6, 6.07) is 7.03. The molecule has 2 aromatic rings. The maximum Gasteiger partial charge on any atom is 0.240 e. The first-order valence-electron chi connectivity index (χ1n) is 6.67. The summed E-state index contributed by atoms with van der Waals surface area (Å²) in [5.41, 5.74) is 1.75. The van der Waals surface area contributed by atoms with Gasteiger partial charge in [0.05, 0.1) is 11.1 Å². The highest BCUT2D eigenvalue weighted by Crippen LogP contribution is 2.17. The maximum atomic E-state index is 12.3. The Kier molecular flexibility index (Phi) is 4.76. The van der Waals surface area contributed by atoms with Crippen molar-refractivity contribution in [1.29, 1.82) is 0 Å². The minimum Gasteiger partial charge on any atom is -0.313 e. The molecule has 0 amide bonds. The lowest BCUT2D eigenvalue weighted by atomic mass is 10.1. The van der Waals surface area contributed by atoms with Gasteiger partial charge in [0, 0.05) is 31.4 Å². The largest absolute Gasteiger partial charge is 0.313 e. The van der Waals surface area contributed by atoms with E-state index in [9.17, 15) is 8.42 Å². The van der Waals surface area contributed by atoms with Gasteiger partial charge in [-0.2, -0.15) is 5.10 Å². The molecule has 0 bridgehead atoms. The van der Waals surface area contributed by atoms with Crippen LogP contribution in [-0.4, -0.2) is 25.2 Å². The smallest absolute Gasteiger partial charge is 0.240 e. The Labute approximate surface area is 125 Å². The highest BCUT2D eigenvalue weighted by molar-refractivity contribution is 7.89. The van der Waals surface area contributed by atoms with Crippen LogP contribution in [0, 0.1) is 0 Å². The normalized spacial score (nSPS) is 13.3. The molecule has 1 heterocycles. The highest BCUT2D eigenvalue weighted by atomic mass is 32.2. The highest BCUT2D eigenvalue weighted by Gasteiger charge is 2.15. The van der Waals surface area contributed by atoms with Gasteiger partial charge < -0.3 is 5.32 Å². The molecular formula is C14H20N4O2S. The van der Waals surface area contributed by atoms with Crippen molar-refractivity contribution in [3.63, 3.8) is 0 Å². The van der Waals surface area contributed by atoms with Crippen molar-refractivity contribution in [2.45, 2.75) is 24.4 Å². The number of hydrogen-bond acceptors (Lipinski definition) is 4. The molecule has 0 fully saturated rings. The number of rotatable bonds is 6. The Morgan fingerprint density at radius 2 is 2.14 bits per heavy atom. The summed E-state index contributed by atoms with van der Waals surface area (Å²) in [7, 11) is 0.104. The molecule has 2 rings (SSSR count). The van der Waals surface area contributed by atoms with E-state index in [-0.39, 0.29) is 17.5 Å². The lowest BCUT2D eigenvalue weighted by Crippen LogP contribution is -2.23. The predicted octanol–water partition coefficient (Wildman–Crippen LogP) is 1.18. The maximum absolute atomic E-state index is 12.3. The quantitative estimate of drug-likeness (QED) is 0.840. The first kappa shape index (κ1) is 15.7. The fourth-order valence-electron chi connectivity index (χ4n) is 1.94. The molecule has 1 aromatic carbocycles. The van der Waals surface area contributed by atoms with Gasteiger partial charge >= 0.3 is 0 Å². The van der Waals surface area contributed by atoms with Crippen molar-refractivity contribution in [3.05, 3.63) is 47.8 Å². The number of benzene rings is 1. The molecule has 1 aromatic heterocycles. The molecule has 0 radical (unpaired) electrons. The van der Waals surface area contributed by atoms with Crippen LogP contribution in [0.15, 0.2) is 41.6 Å². The molecule has 0 aliphatic heterocycles. The Balaban J connectivity index is 2.15. The van der Waals surface area contributed by atoms with Gasteiger partial charge in [-0.3, -0.25) is 4.68 Å². The van der Waals surface area contributed by atoms with E-state index in [2.05, 4.69) is 15.1 Å². The number of hydrogen-bond donors (Lipinski definition) is 2. The molecular weight excluding hydrogens is 288 g/mol. The number of aromatic nitrogens is 2. The third-order valence-electron chi connectivity index (χ3n) is 3.33. The molecule has 2 N–H and O–H groups in total. The molecule has 7 heteroatoms. The fraction of sp³-hybridized carbons (Fsp3) is 0.357. The Morgan fingerprint density at radius 3 is 2.76 bits per heavy atom. The zero-order valence-corrected chi connectivity index (χ0v) is 13.2. The van der Waals surface area contributed by atoms with E-state index in [4.69, 9.17) is 0 Å². The van der Waals surface area contributed by atoms with Crippen LogP contribution < -0.4 is 10.0 Å². The second-order valence-corrected chi connectivity index (χ2v) is 6.70. The van der Waals surface area contributed by atoms with Crippen molar-refractivity contribution >= 4 is 10.0 Å². The van der Waals surface area contributed by atoms with Crippen LogP contribution in [0.5, 0.6) is 0 Å². The average molecular weight is 308 g/mol. The van der Waals surface area contributed by atoms with Crippen LogP contribution in [0.4, 0.5) is 0 Å². The van der Waals surface area contributed by atoms with Crippen LogP contribution in [0.1, 0.15) is 24.1 Å². The second kappa shape index (κ2) is 6.38. The summed E-state index contributed by atoms with van der Waals surface area (Å²) in [6.07, 6.45) is 3.42. The van der Waals surface area contributed by atoms with Crippen LogP contribution in [0.2, 0.25) is 0 Å². The molecule has 0 aliphatic carbocycles. The van der Waals surface area contributed by atoms with Crippen molar-refractivity contribution in [2.24, 2.45) is 7.05 Å². The SMILES string of the molecule is CNC(C)c1cccc(S(=O)(=O)NCc2cnn(C)c2)c1. The Morgan fingerprint density at radius 1 is 1.38 bits per heavy atom. The number of sulfonamides is 1. The average Bonchev–Trinajstić information content (AvgIpc) is 2.90. The van der Waals surface area contributed by atoms with E-state index >= 15 is 0 Å². The molecule has 0 spiro atoms. The van der Waals surface area contributed by atoms with E-state index in [0.29, 0.717) is 0 Å². The van der Waals surface area contributed by atoms with Gasteiger partial charge in [-0.25, -0.2) is 13.1 Å². The molecule has 0 aliphatic rings. The van der Waals surface area contributed by atoms with Crippen LogP contribution in [0.3, 0.4) is 0 Å². The lowest BCUT2D eigenvalue weighted by Gasteiger charge is -2.12. The first-order chi connectivity index (χ1) is 9.92. The van der Waals surface area contributed by atoms with E-state index in [1.807, 2.05) is 20.0 Å². The number of nitrogens with one attached hydrogen (secondary N) is 2. The molecule has 1 atom stereocenters. The lowest BCUT2D eigenvalue weighted by molar-refractivity contribution is 0.580. The summed E-state index contributed by atoms with van der Waals surface area (Å²) in [5.74, 6) is 0. The van der Waals surface area contributed by atoms with Gasteiger partial charge in [-0.05, 0) is 31.7 Å². The summed E-state index contributed by atoms with van der Waals surface area (Å²) < 4.78 is 28.9. The fourth-order valence-corrected chi connectivity index (χ4v) is 3.01. The molecule has 6 nitrogen and oxygen atoms in total. The zero-order valence-electron chi connectivity index (χ0n) is 12.4. The molecule has 21 heavy (non-hydrogen) atoms. The van der Waals surface area contributed by atoms with Gasteiger partial charge in [-0.1, -0.05) is 12.1 Å². The monoisotopic (exact) mass is 308 g/mol. The summed E-state index contributed by atoms with van der Waals surface area (Å²) in [4.78, 5) is 0.269. The van der Waals surface area contributed by atoms with Gasteiger partial charge in [-0.15, -0.1) is 0 Å².